The molecule has 0 spiro atoms. The van der Waals surface area contributed by atoms with Crippen molar-refractivity contribution in [3.63, 3.8) is 0 Å². The predicted octanol–water partition coefficient (Wildman–Crippen LogP) is 10.2. The quantitative estimate of drug-likeness (QED) is 0.185. The van der Waals surface area contributed by atoms with Crippen LogP contribution in [0.15, 0.2) is 156 Å². The number of aromatic nitrogens is 4. The molecule has 0 aliphatic rings. The highest BCUT2D eigenvalue weighted by Gasteiger charge is 2.20. The monoisotopic (exact) mass is 592 g/mol. The molecule has 4 aromatic heterocycles. The molecular weight excluding hydrogens is 568 g/mol. The Morgan fingerprint density at radius 3 is 1.59 bits per heavy atom. The fourth-order valence-corrected chi connectivity index (χ4v) is 6.54. The maximum absolute atomic E-state index is 5.31. The summed E-state index contributed by atoms with van der Waals surface area (Å²) in [7, 11) is 0. The van der Waals surface area contributed by atoms with Gasteiger partial charge in [0.15, 0.2) is 12.8 Å². The Morgan fingerprint density at radius 1 is 0.391 bits per heavy atom. The van der Waals surface area contributed by atoms with E-state index in [0.29, 0.717) is 0 Å². The van der Waals surface area contributed by atoms with Crippen molar-refractivity contribution in [2.24, 2.45) is 0 Å². The molecule has 9 aromatic rings. The molecule has 6 heteroatoms. The van der Waals surface area contributed by atoms with Crippen LogP contribution in [-0.2, 0) is 0 Å². The van der Waals surface area contributed by atoms with Crippen molar-refractivity contribution >= 4 is 32.3 Å². The van der Waals surface area contributed by atoms with Gasteiger partial charge in [-0.3, -0.25) is 9.97 Å². The number of pyridine rings is 2. The molecule has 9 rings (SSSR count). The Kier molecular flexibility index (Phi) is 6.03. The van der Waals surface area contributed by atoms with Gasteiger partial charge < -0.3 is 8.83 Å². The Morgan fingerprint density at radius 2 is 0.957 bits per heavy atom. The van der Waals surface area contributed by atoms with E-state index in [9.17, 15) is 0 Å². The van der Waals surface area contributed by atoms with Gasteiger partial charge in [-0.15, -0.1) is 0 Å². The van der Waals surface area contributed by atoms with E-state index in [1.807, 2.05) is 24.5 Å². The van der Waals surface area contributed by atoms with E-state index < -0.39 is 0 Å². The topological polar surface area (TPSA) is 77.8 Å². The van der Waals surface area contributed by atoms with E-state index in [0.717, 1.165) is 72.1 Å². The molecular formula is C40H24N4O2. The molecule has 0 atom stereocenters. The second-order valence-electron chi connectivity index (χ2n) is 11.2. The second-order valence-corrected chi connectivity index (χ2v) is 11.2. The number of rotatable bonds is 5. The summed E-state index contributed by atoms with van der Waals surface area (Å²) in [6, 6.07) is 38.3. The van der Waals surface area contributed by atoms with Crippen LogP contribution in [0.3, 0.4) is 0 Å². The lowest BCUT2D eigenvalue weighted by Crippen LogP contribution is -1.95. The molecule has 0 saturated heterocycles. The zero-order valence-corrected chi connectivity index (χ0v) is 24.5. The van der Waals surface area contributed by atoms with Crippen molar-refractivity contribution in [3.8, 4) is 56.2 Å². The number of fused-ring (bicyclic) bond motifs is 3. The van der Waals surface area contributed by atoms with E-state index in [4.69, 9.17) is 18.8 Å². The molecule has 0 fully saturated rings. The van der Waals surface area contributed by atoms with E-state index in [1.165, 1.54) is 29.1 Å². The summed E-state index contributed by atoms with van der Waals surface area (Å²) >= 11 is 0. The highest BCUT2D eigenvalue weighted by molar-refractivity contribution is 6.21. The highest BCUT2D eigenvalue weighted by atomic mass is 16.3. The van der Waals surface area contributed by atoms with Crippen molar-refractivity contribution < 1.29 is 8.83 Å². The Bertz CT molecular complexity index is 2530. The summed E-state index contributed by atoms with van der Waals surface area (Å²) in [5.74, 6) is 0. The second kappa shape index (κ2) is 10.6. The number of nitrogens with zero attached hydrogens (tertiary/aromatic N) is 4. The van der Waals surface area contributed by atoms with Gasteiger partial charge in [0.25, 0.3) is 0 Å². The van der Waals surface area contributed by atoms with Crippen LogP contribution >= 0.6 is 0 Å². The van der Waals surface area contributed by atoms with Gasteiger partial charge in [-0.2, -0.15) is 0 Å². The van der Waals surface area contributed by atoms with Crippen LogP contribution in [0.25, 0.3) is 88.5 Å². The molecule has 0 bridgehead atoms. The van der Waals surface area contributed by atoms with Gasteiger partial charge in [0, 0.05) is 34.6 Å². The smallest absolute Gasteiger partial charge is 0.181 e. The maximum atomic E-state index is 5.31. The Labute approximate surface area is 263 Å². The molecule has 0 radical (unpaired) electrons. The average Bonchev–Trinajstić information content (AvgIpc) is 3.86. The third-order valence-corrected chi connectivity index (χ3v) is 8.61. The molecule has 0 amide bonds. The Hall–Kier alpha value is -6.40. The number of hydrogen-bond donors (Lipinski definition) is 0. The van der Waals surface area contributed by atoms with E-state index in [1.54, 1.807) is 12.5 Å². The first-order valence-electron chi connectivity index (χ1n) is 15.0. The number of oxazole rings is 2. The number of benzene rings is 5. The first-order valence-corrected chi connectivity index (χ1v) is 15.0. The minimum atomic E-state index is 0.763. The SMILES string of the molecule is c1ccc2c(-c3ccc4c(-c5cc(-c6cocn6)ccn5)c5ccccc5c(-c5cc(-c6cocn6)ccn5)c4c3)cccc2c1. The van der Waals surface area contributed by atoms with Crippen LogP contribution in [0.2, 0.25) is 0 Å². The summed E-state index contributed by atoms with van der Waals surface area (Å²) in [5.41, 5.74) is 9.52. The van der Waals surface area contributed by atoms with Crippen LogP contribution < -0.4 is 0 Å². The summed E-state index contributed by atoms with van der Waals surface area (Å²) in [6.07, 6.45) is 9.88. The lowest BCUT2D eigenvalue weighted by Gasteiger charge is -2.18. The number of hydrogen-bond acceptors (Lipinski definition) is 6. The molecule has 216 valence electrons. The lowest BCUT2D eigenvalue weighted by atomic mass is 9.86. The summed E-state index contributed by atoms with van der Waals surface area (Å²) in [4.78, 5) is 18.6. The first kappa shape index (κ1) is 26.0. The first-order chi connectivity index (χ1) is 22.8. The van der Waals surface area contributed by atoms with E-state index in [2.05, 4.69) is 107 Å². The van der Waals surface area contributed by atoms with Crippen molar-refractivity contribution in [1.29, 1.82) is 0 Å². The summed E-state index contributed by atoms with van der Waals surface area (Å²) in [5, 5.41) is 6.74. The van der Waals surface area contributed by atoms with E-state index >= 15 is 0 Å². The summed E-state index contributed by atoms with van der Waals surface area (Å²) in [6.45, 7) is 0. The van der Waals surface area contributed by atoms with Crippen LogP contribution in [0.1, 0.15) is 0 Å². The van der Waals surface area contributed by atoms with Crippen LogP contribution in [0.4, 0.5) is 0 Å². The van der Waals surface area contributed by atoms with Crippen molar-refractivity contribution in [2.45, 2.75) is 0 Å². The van der Waals surface area contributed by atoms with Gasteiger partial charge >= 0.3 is 0 Å². The van der Waals surface area contributed by atoms with Crippen molar-refractivity contribution in [2.75, 3.05) is 0 Å². The molecule has 6 nitrogen and oxygen atoms in total. The molecule has 0 N–H and O–H groups in total. The normalized spacial score (nSPS) is 11.5. The van der Waals surface area contributed by atoms with Crippen LogP contribution in [-0.4, -0.2) is 19.9 Å². The minimum absolute atomic E-state index is 0.763. The summed E-state index contributed by atoms with van der Waals surface area (Å²) < 4.78 is 10.6. The zero-order chi connectivity index (χ0) is 30.5. The molecule has 4 heterocycles. The average molecular weight is 593 g/mol. The molecule has 0 unspecified atom stereocenters. The standard InChI is InChI=1S/C40H24N4O2/c1-2-8-29-25(6-1)7-5-11-30(29)26-12-13-33-34(18-26)40(36-20-28(15-17-42-36)38-22-46-24-44-38)32-10-4-3-9-31(32)39(33)35-19-27(14-16-41-35)37-21-45-23-43-37/h1-24H. The van der Waals surface area contributed by atoms with Gasteiger partial charge in [0.1, 0.15) is 23.9 Å². The van der Waals surface area contributed by atoms with Crippen molar-refractivity contribution in [1.82, 2.24) is 19.9 Å². The highest BCUT2D eigenvalue weighted by Crippen LogP contribution is 2.45. The van der Waals surface area contributed by atoms with E-state index in [-0.39, 0.29) is 0 Å². The molecule has 46 heavy (non-hydrogen) atoms. The third-order valence-electron chi connectivity index (χ3n) is 8.61. The van der Waals surface area contributed by atoms with Crippen molar-refractivity contribution in [3.05, 3.63) is 147 Å². The van der Waals surface area contributed by atoms with Gasteiger partial charge in [-0.25, -0.2) is 9.97 Å². The fraction of sp³-hybridized carbons (Fsp3) is 0. The maximum Gasteiger partial charge on any atom is 0.181 e. The predicted molar refractivity (Wildman–Crippen MR) is 182 cm³/mol. The van der Waals surface area contributed by atoms with Gasteiger partial charge in [0.2, 0.25) is 0 Å². The minimum Gasteiger partial charge on any atom is -0.451 e. The largest absolute Gasteiger partial charge is 0.451 e. The fourth-order valence-electron chi connectivity index (χ4n) is 6.54. The van der Waals surface area contributed by atoms with Crippen LogP contribution in [0, 0.1) is 0 Å². The Balaban J connectivity index is 1.38. The molecule has 5 aromatic carbocycles. The zero-order valence-electron chi connectivity index (χ0n) is 24.5. The van der Waals surface area contributed by atoms with Gasteiger partial charge in [0.05, 0.1) is 11.4 Å². The van der Waals surface area contributed by atoms with Crippen LogP contribution in [0.5, 0.6) is 0 Å². The third kappa shape index (κ3) is 4.27. The van der Waals surface area contributed by atoms with Gasteiger partial charge in [-0.05, 0) is 73.8 Å². The molecule has 0 saturated carbocycles. The molecule has 0 aliphatic carbocycles. The molecule has 0 aliphatic heterocycles. The lowest BCUT2D eigenvalue weighted by molar-refractivity contribution is 0.558. The van der Waals surface area contributed by atoms with Gasteiger partial charge in [-0.1, -0.05) is 78.9 Å².